The Balaban J connectivity index is 1.83. The molecule has 5 nitrogen and oxygen atoms in total. The van der Waals surface area contributed by atoms with Gasteiger partial charge in [-0.1, -0.05) is 29.8 Å². The number of anilines is 1. The summed E-state index contributed by atoms with van der Waals surface area (Å²) < 4.78 is 10.8. The number of rotatable bonds is 4. The van der Waals surface area contributed by atoms with E-state index in [1.54, 1.807) is 32.0 Å². The molecule has 1 atom stereocenters. The standard InChI is InChI=1S/C19H16ClNO4/c1-11-8-18(22)25-16-10-17(15(20)9-14(11)16)24-12(2)19(23)21-13-6-4-3-5-7-13/h3-10,12H,1-2H3,(H,21,23)/t12-/m1/s1. The average molecular weight is 358 g/mol. The lowest BCUT2D eigenvalue weighted by molar-refractivity contribution is -0.122. The number of fused-ring (bicyclic) bond motifs is 1. The van der Waals surface area contributed by atoms with Crippen molar-refractivity contribution in [1.29, 1.82) is 0 Å². The molecular formula is C19H16ClNO4. The fraction of sp³-hybridized carbons (Fsp3) is 0.158. The highest BCUT2D eigenvalue weighted by Gasteiger charge is 2.17. The third-order valence-electron chi connectivity index (χ3n) is 3.72. The third-order valence-corrected chi connectivity index (χ3v) is 4.01. The summed E-state index contributed by atoms with van der Waals surface area (Å²) in [6, 6.07) is 13.7. The van der Waals surface area contributed by atoms with Crippen molar-refractivity contribution >= 4 is 34.2 Å². The van der Waals surface area contributed by atoms with Crippen molar-refractivity contribution in [1.82, 2.24) is 0 Å². The Kier molecular flexibility index (Phi) is 4.76. The molecule has 0 radical (unpaired) electrons. The Morgan fingerprint density at radius 3 is 2.64 bits per heavy atom. The molecule has 0 fully saturated rings. The van der Waals surface area contributed by atoms with Gasteiger partial charge in [-0.15, -0.1) is 0 Å². The number of aryl methyl sites for hydroxylation is 1. The van der Waals surface area contributed by atoms with Gasteiger partial charge in [-0.25, -0.2) is 4.79 Å². The highest BCUT2D eigenvalue weighted by Crippen LogP contribution is 2.31. The molecular weight excluding hydrogens is 342 g/mol. The molecule has 128 valence electrons. The number of carbonyl (C=O) groups is 1. The summed E-state index contributed by atoms with van der Waals surface area (Å²) in [4.78, 5) is 23.8. The van der Waals surface area contributed by atoms with Crippen molar-refractivity contribution in [2.75, 3.05) is 5.32 Å². The fourth-order valence-electron chi connectivity index (χ4n) is 2.42. The zero-order valence-electron chi connectivity index (χ0n) is 13.7. The second-order valence-corrected chi connectivity index (χ2v) is 6.05. The van der Waals surface area contributed by atoms with E-state index >= 15 is 0 Å². The Morgan fingerprint density at radius 2 is 1.92 bits per heavy atom. The molecule has 0 unspecified atom stereocenters. The van der Waals surface area contributed by atoms with E-state index < -0.39 is 11.7 Å². The van der Waals surface area contributed by atoms with Crippen molar-refractivity contribution in [3.8, 4) is 5.75 Å². The van der Waals surface area contributed by atoms with Crippen LogP contribution in [-0.4, -0.2) is 12.0 Å². The number of ether oxygens (including phenoxy) is 1. The van der Waals surface area contributed by atoms with E-state index in [0.717, 1.165) is 10.9 Å². The molecule has 0 spiro atoms. The van der Waals surface area contributed by atoms with Crippen LogP contribution in [0, 0.1) is 6.92 Å². The predicted molar refractivity (Wildman–Crippen MR) is 97.4 cm³/mol. The number of carbonyl (C=O) groups excluding carboxylic acids is 1. The third kappa shape index (κ3) is 3.83. The Labute approximate surface area is 149 Å². The van der Waals surface area contributed by atoms with Crippen LogP contribution in [0.5, 0.6) is 5.75 Å². The number of benzene rings is 2. The maximum atomic E-state index is 12.2. The molecule has 1 heterocycles. The lowest BCUT2D eigenvalue weighted by Crippen LogP contribution is -2.30. The number of nitrogens with one attached hydrogen (secondary N) is 1. The number of para-hydroxylation sites is 1. The van der Waals surface area contributed by atoms with Gasteiger partial charge >= 0.3 is 5.63 Å². The SMILES string of the molecule is Cc1cc(=O)oc2cc(O[C@H](C)C(=O)Nc3ccccc3)c(Cl)cc12. The van der Waals surface area contributed by atoms with Crippen LogP contribution in [0.1, 0.15) is 12.5 Å². The lowest BCUT2D eigenvalue weighted by Gasteiger charge is -2.16. The summed E-state index contributed by atoms with van der Waals surface area (Å²) in [5.74, 6) is -0.0355. The Bertz CT molecular complexity index is 982. The normalized spacial score (nSPS) is 12.0. The van der Waals surface area contributed by atoms with Crippen LogP contribution in [0.15, 0.2) is 57.7 Å². The highest BCUT2D eigenvalue weighted by molar-refractivity contribution is 6.32. The molecule has 6 heteroatoms. The summed E-state index contributed by atoms with van der Waals surface area (Å²) in [6.45, 7) is 3.41. The van der Waals surface area contributed by atoms with E-state index in [0.29, 0.717) is 16.3 Å². The van der Waals surface area contributed by atoms with Crippen molar-refractivity contribution in [2.45, 2.75) is 20.0 Å². The molecule has 0 aliphatic rings. The van der Waals surface area contributed by atoms with Crippen LogP contribution in [-0.2, 0) is 4.79 Å². The van der Waals surface area contributed by atoms with E-state index in [1.165, 1.54) is 12.1 Å². The second-order valence-electron chi connectivity index (χ2n) is 5.64. The van der Waals surface area contributed by atoms with Gasteiger partial charge in [0, 0.05) is 23.2 Å². The second kappa shape index (κ2) is 6.99. The summed E-state index contributed by atoms with van der Waals surface area (Å²) in [5.41, 5.74) is 1.34. The topological polar surface area (TPSA) is 68.5 Å². The minimum absolute atomic E-state index is 0.277. The molecule has 0 bridgehead atoms. The molecule has 2 aromatic carbocycles. The van der Waals surface area contributed by atoms with E-state index in [1.807, 2.05) is 18.2 Å². The number of amides is 1. The quantitative estimate of drug-likeness (QED) is 0.712. The van der Waals surface area contributed by atoms with Gasteiger partial charge in [0.15, 0.2) is 6.10 Å². The first-order chi connectivity index (χ1) is 11.9. The summed E-state index contributed by atoms with van der Waals surface area (Å²) in [7, 11) is 0. The van der Waals surface area contributed by atoms with Crippen LogP contribution in [0.2, 0.25) is 5.02 Å². The molecule has 1 amide bonds. The smallest absolute Gasteiger partial charge is 0.336 e. The van der Waals surface area contributed by atoms with E-state index in [9.17, 15) is 9.59 Å². The van der Waals surface area contributed by atoms with Crippen LogP contribution in [0.3, 0.4) is 0 Å². The minimum Gasteiger partial charge on any atom is -0.479 e. The Hall–Kier alpha value is -2.79. The molecule has 0 saturated carbocycles. The average Bonchev–Trinajstić information content (AvgIpc) is 2.57. The first kappa shape index (κ1) is 17.0. The summed E-state index contributed by atoms with van der Waals surface area (Å²) in [6.07, 6.45) is -0.785. The van der Waals surface area contributed by atoms with Gasteiger partial charge in [0.25, 0.3) is 5.91 Å². The highest BCUT2D eigenvalue weighted by atomic mass is 35.5. The van der Waals surface area contributed by atoms with Crippen molar-refractivity contribution in [3.05, 3.63) is 69.5 Å². The van der Waals surface area contributed by atoms with E-state index in [2.05, 4.69) is 5.32 Å². The molecule has 0 aliphatic carbocycles. The van der Waals surface area contributed by atoms with Gasteiger partial charge in [-0.2, -0.15) is 0 Å². The molecule has 3 rings (SSSR count). The molecule has 1 N–H and O–H groups in total. The van der Waals surface area contributed by atoms with Crippen molar-refractivity contribution in [2.24, 2.45) is 0 Å². The number of hydrogen-bond donors (Lipinski definition) is 1. The Morgan fingerprint density at radius 1 is 1.20 bits per heavy atom. The van der Waals surface area contributed by atoms with Gasteiger partial charge in [0.05, 0.1) is 5.02 Å². The van der Waals surface area contributed by atoms with Crippen molar-refractivity contribution in [3.63, 3.8) is 0 Å². The van der Waals surface area contributed by atoms with Gasteiger partial charge in [-0.05, 0) is 37.6 Å². The zero-order valence-corrected chi connectivity index (χ0v) is 14.5. The molecule has 25 heavy (non-hydrogen) atoms. The number of halogens is 1. The molecule has 3 aromatic rings. The monoisotopic (exact) mass is 357 g/mol. The minimum atomic E-state index is -0.785. The summed E-state index contributed by atoms with van der Waals surface area (Å²) >= 11 is 6.25. The molecule has 0 saturated heterocycles. The molecule has 0 aliphatic heterocycles. The molecule has 1 aromatic heterocycles. The fourth-order valence-corrected chi connectivity index (χ4v) is 2.63. The van der Waals surface area contributed by atoms with E-state index in [4.69, 9.17) is 20.8 Å². The first-order valence-corrected chi connectivity index (χ1v) is 8.08. The zero-order chi connectivity index (χ0) is 18.0. The number of hydrogen-bond acceptors (Lipinski definition) is 4. The van der Waals surface area contributed by atoms with Gasteiger partial charge in [-0.3, -0.25) is 4.79 Å². The van der Waals surface area contributed by atoms with Gasteiger partial charge < -0.3 is 14.5 Å². The van der Waals surface area contributed by atoms with Crippen LogP contribution < -0.4 is 15.7 Å². The maximum absolute atomic E-state index is 12.2. The first-order valence-electron chi connectivity index (χ1n) is 7.70. The van der Waals surface area contributed by atoms with Crippen LogP contribution in [0.25, 0.3) is 11.0 Å². The van der Waals surface area contributed by atoms with E-state index in [-0.39, 0.29) is 11.7 Å². The summed E-state index contributed by atoms with van der Waals surface area (Å²) in [5, 5.41) is 3.81. The lowest BCUT2D eigenvalue weighted by atomic mass is 10.1. The largest absolute Gasteiger partial charge is 0.479 e. The maximum Gasteiger partial charge on any atom is 0.336 e. The van der Waals surface area contributed by atoms with Crippen LogP contribution >= 0.6 is 11.6 Å². The van der Waals surface area contributed by atoms with Gasteiger partial charge in [0.2, 0.25) is 0 Å². The predicted octanol–water partition coefficient (Wildman–Crippen LogP) is 4.16. The van der Waals surface area contributed by atoms with Crippen LogP contribution in [0.4, 0.5) is 5.69 Å². The van der Waals surface area contributed by atoms with Crippen molar-refractivity contribution < 1.29 is 13.9 Å². The van der Waals surface area contributed by atoms with Gasteiger partial charge in [0.1, 0.15) is 11.3 Å².